The van der Waals surface area contributed by atoms with Crippen LogP contribution in [0.5, 0.6) is 5.75 Å². The molecule has 2 N–H and O–H groups in total. The molecule has 0 saturated carbocycles. The molecule has 1 aromatic heterocycles. The van der Waals surface area contributed by atoms with Crippen LogP contribution in [0.1, 0.15) is 23.7 Å². The van der Waals surface area contributed by atoms with Crippen molar-refractivity contribution in [1.29, 1.82) is 0 Å². The number of likely N-dealkylation sites (N-methyl/N-ethyl adjacent to an activating group) is 1. The number of nitrogens with zero attached hydrogens (tertiary/aromatic N) is 2. The van der Waals surface area contributed by atoms with Crippen molar-refractivity contribution in [2.45, 2.75) is 18.9 Å². The van der Waals surface area contributed by atoms with Gasteiger partial charge in [0, 0.05) is 55.4 Å². The van der Waals surface area contributed by atoms with Crippen molar-refractivity contribution in [3.63, 3.8) is 0 Å². The minimum Gasteiger partial charge on any atom is -0.497 e. The summed E-state index contributed by atoms with van der Waals surface area (Å²) < 4.78 is 5.40. The van der Waals surface area contributed by atoms with Crippen molar-refractivity contribution in [2.75, 3.05) is 53.4 Å². The van der Waals surface area contributed by atoms with E-state index in [1.165, 1.54) is 61.3 Å². The normalized spacial score (nSPS) is 22.7. The minimum absolute atomic E-state index is 0.437. The number of aromatic amines is 1. The molecule has 0 aliphatic carbocycles. The average molecular weight is 328 g/mol. The number of rotatable bonds is 4. The maximum atomic E-state index is 5.40. The van der Waals surface area contributed by atoms with Gasteiger partial charge in [0.2, 0.25) is 0 Å². The molecule has 0 unspecified atom stereocenters. The molecule has 2 aliphatic rings. The fourth-order valence-electron chi connectivity index (χ4n) is 4.04. The van der Waals surface area contributed by atoms with Crippen molar-refractivity contribution in [1.82, 2.24) is 20.1 Å². The van der Waals surface area contributed by atoms with E-state index in [4.69, 9.17) is 4.74 Å². The van der Waals surface area contributed by atoms with Gasteiger partial charge in [0.15, 0.2) is 0 Å². The number of nitrogens with one attached hydrogen (secondary N) is 2. The summed E-state index contributed by atoms with van der Waals surface area (Å²) in [6.07, 6.45) is 2.26. The largest absolute Gasteiger partial charge is 0.497 e. The van der Waals surface area contributed by atoms with E-state index in [1.54, 1.807) is 7.11 Å². The molecular formula is C19H28N4O. The van der Waals surface area contributed by atoms with Crippen LogP contribution >= 0.6 is 0 Å². The molecular weight excluding hydrogens is 300 g/mol. The standard InChI is InChI=1S/C19H28N4O/c1-22-9-11-23(12-10-22)8-6-18-19-15(5-7-20-18)16-13-14(24-2)3-4-17(16)21-19/h3-4,13,18,20-21H,5-12H2,1-2H3/t18-/m0/s1. The third-order valence-corrected chi connectivity index (χ3v) is 5.59. The first-order chi connectivity index (χ1) is 11.7. The number of H-pyrrole nitrogens is 1. The molecule has 130 valence electrons. The summed E-state index contributed by atoms with van der Waals surface area (Å²) in [5, 5.41) is 5.04. The highest BCUT2D eigenvalue weighted by Crippen LogP contribution is 2.33. The van der Waals surface area contributed by atoms with E-state index in [-0.39, 0.29) is 0 Å². The van der Waals surface area contributed by atoms with Gasteiger partial charge >= 0.3 is 0 Å². The third-order valence-electron chi connectivity index (χ3n) is 5.59. The number of hydrogen-bond donors (Lipinski definition) is 2. The molecule has 2 aliphatic heterocycles. The Morgan fingerprint density at radius 2 is 2.04 bits per heavy atom. The summed E-state index contributed by atoms with van der Waals surface area (Å²) in [5.74, 6) is 0.941. The molecule has 0 spiro atoms. The van der Waals surface area contributed by atoms with Crippen LogP contribution in [0.4, 0.5) is 0 Å². The number of benzene rings is 1. The molecule has 5 nitrogen and oxygen atoms in total. The highest BCUT2D eigenvalue weighted by Gasteiger charge is 2.25. The first kappa shape index (κ1) is 15.9. The zero-order valence-corrected chi connectivity index (χ0v) is 14.8. The second-order valence-electron chi connectivity index (χ2n) is 7.12. The van der Waals surface area contributed by atoms with Crippen molar-refractivity contribution in [2.24, 2.45) is 0 Å². The molecule has 1 aromatic carbocycles. The maximum Gasteiger partial charge on any atom is 0.119 e. The van der Waals surface area contributed by atoms with Crippen LogP contribution < -0.4 is 10.1 Å². The van der Waals surface area contributed by atoms with Crippen LogP contribution in [0.3, 0.4) is 0 Å². The SMILES string of the molecule is COc1ccc2[nH]c3c(c2c1)CCN[C@H]3CCN1CCN(C)CC1. The van der Waals surface area contributed by atoms with E-state index in [9.17, 15) is 0 Å². The summed E-state index contributed by atoms with van der Waals surface area (Å²) in [6.45, 7) is 7.00. The lowest BCUT2D eigenvalue weighted by atomic mass is 9.97. The van der Waals surface area contributed by atoms with Gasteiger partial charge in [-0.25, -0.2) is 0 Å². The van der Waals surface area contributed by atoms with Gasteiger partial charge in [-0.2, -0.15) is 0 Å². The molecule has 5 heteroatoms. The zero-order valence-electron chi connectivity index (χ0n) is 14.8. The monoisotopic (exact) mass is 328 g/mol. The first-order valence-electron chi connectivity index (χ1n) is 9.07. The Bertz CT molecular complexity index is 703. The van der Waals surface area contributed by atoms with Crippen LogP contribution in [0.2, 0.25) is 0 Å². The second kappa shape index (κ2) is 6.75. The van der Waals surface area contributed by atoms with E-state index in [1.807, 2.05) is 6.07 Å². The second-order valence-corrected chi connectivity index (χ2v) is 7.12. The summed E-state index contributed by atoms with van der Waals surface area (Å²) >= 11 is 0. The molecule has 0 amide bonds. The third kappa shape index (κ3) is 3.04. The molecule has 0 bridgehead atoms. The lowest BCUT2D eigenvalue weighted by Gasteiger charge is -2.34. The number of ether oxygens (including phenoxy) is 1. The van der Waals surface area contributed by atoms with Crippen molar-refractivity contribution in [3.8, 4) is 5.75 Å². The Balaban J connectivity index is 1.51. The van der Waals surface area contributed by atoms with Crippen LogP contribution in [-0.4, -0.2) is 68.2 Å². The van der Waals surface area contributed by atoms with E-state index in [0.717, 1.165) is 18.7 Å². The zero-order chi connectivity index (χ0) is 16.5. The number of methoxy groups -OCH3 is 1. The lowest BCUT2D eigenvalue weighted by molar-refractivity contribution is 0.148. The van der Waals surface area contributed by atoms with Gasteiger partial charge in [-0.1, -0.05) is 0 Å². The molecule has 2 aromatic rings. The van der Waals surface area contributed by atoms with Gasteiger partial charge in [0.25, 0.3) is 0 Å². The fraction of sp³-hybridized carbons (Fsp3) is 0.579. The topological polar surface area (TPSA) is 43.5 Å². The molecule has 24 heavy (non-hydrogen) atoms. The summed E-state index contributed by atoms with van der Waals surface area (Å²) in [6, 6.07) is 6.79. The van der Waals surface area contributed by atoms with Crippen molar-refractivity contribution < 1.29 is 4.74 Å². The number of piperazine rings is 1. The van der Waals surface area contributed by atoms with Crippen LogP contribution in [0.25, 0.3) is 10.9 Å². The average Bonchev–Trinajstić information content (AvgIpc) is 2.99. The number of aromatic nitrogens is 1. The van der Waals surface area contributed by atoms with Crippen LogP contribution in [-0.2, 0) is 6.42 Å². The van der Waals surface area contributed by atoms with Crippen LogP contribution in [0.15, 0.2) is 18.2 Å². The Labute approximate surface area is 144 Å². The van der Waals surface area contributed by atoms with E-state index < -0.39 is 0 Å². The predicted octanol–water partition coefficient (Wildman–Crippen LogP) is 2.00. The summed E-state index contributed by atoms with van der Waals surface area (Å²) in [5.41, 5.74) is 4.10. The predicted molar refractivity (Wildman–Crippen MR) is 97.9 cm³/mol. The minimum atomic E-state index is 0.437. The van der Waals surface area contributed by atoms with E-state index in [0.29, 0.717) is 6.04 Å². The van der Waals surface area contributed by atoms with Crippen molar-refractivity contribution in [3.05, 3.63) is 29.5 Å². The first-order valence-corrected chi connectivity index (χ1v) is 9.07. The Morgan fingerprint density at radius 1 is 1.21 bits per heavy atom. The Hall–Kier alpha value is -1.56. The smallest absolute Gasteiger partial charge is 0.119 e. The maximum absolute atomic E-state index is 5.40. The Morgan fingerprint density at radius 3 is 2.83 bits per heavy atom. The fourth-order valence-corrected chi connectivity index (χ4v) is 4.04. The quantitative estimate of drug-likeness (QED) is 0.901. The van der Waals surface area contributed by atoms with Crippen LogP contribution in [0, 0.1) is 0 Å². The highest BCUT2D eigenvalue weighted by atomic mass is 16.5. The number of hydrogen-bond acceptors (Lipinski definition) is 4. The van der Waals surface area contributed by atoms with Gasteiger partial charge < -0.3 is 24.8 Å². The van der Waals surface area contributed by atoms with Gasteiger partial charge in [0.05, 0.1) is 7.11 Å². The molecule has 1 saturated heterocycles. The van der Waals surface area contributed by atoms with Crippen molar-refractivity contribution >= 4 is 10.9 Å². The Kier molecular flexibility index (Phi) is 4.48. The van der Waals surface area contributed by atoms with Gasteiger partial charge in [-0.15, -0.1) is 0 Å². The summed E-state index contributed by atoms with van der Waals surface area (Å²) in [7, 11) is 3.95. The summed E-state index contributed by atoms with van der Waals surface area (Å²) in [4.78, 5) is 8.68. The lowest BCUT2D eigenvalue weighted by Crippen LogP contribution is -2.45. The molecule has 1 atom stereocenters. The van der Waals surface area contributed by atoms with E-state index >= 15 is 0 Å². The molecule has 0 radical (unpaired) electrons. The van der Waals surface area contributed by atoms with Gasteiger partial charge in [0.1, 0.15) is 5.75 Å². The van der Waals surface area contributed by atoms with Gasteiger partial charge in [-0.05, 0) is 50.2 Å². The molecule has 4 rings (SSSR count). The number of fused-ring (bicyclic) bond motifs is 3. The van der Waals surface area contributed by atoms with Gasteiger partial charge in [-0.3, -0.25) is 0 Å². The molecule has 3 heterocycles. The van der Waals surface area contributed by atoms with E-state index in [2.05, 4.69) is 39.3 Å². The highest BCUT2D eigenvalue weighted by molar-refractivity contribution is 5.86. The molecule has 1 fully saturated rings.